The highest BCUT2D eigenvalue weighted by Crippen LogP contribution is 2.39. The number of ether oxygens (including phenoxy) is 3. The molecule has 1 unspecified atom stereocenters. The Hall–Kier alpha value is -2.92. The maximum absolute atomic E-state index is 12.5. The summed E-state index contributed by atoms with van der Waals surface area (Å²) in [5, 5.41) is 12.4. The van der Waals surface area contributed by atoms with E-state index in [0.717, 1.165) is 11.8 Å². The molecule has 12 heteroatoms. The Morgan fingerprint density at radius 1 is 1.33 bits per heavy atom. The Kier molecular flexibility index (Phi) is 6.73. The smallest absolute Gasteiger partial charge is 0.361 e. The molecule has 2 aliphatic heterocycles. The van der Waals surface area contributed by atoms with Crippen LogP contribution in [0.3, 0.4) is 0 Å². The van der Waals surface area contributed by atoms with Crippen molar-refractivity contribution in [2.24, 2.45) is 0 Å². The van der Waals surface area contributed by atoms with Crippen LogP contribution in [0.1, 0.15) is 6.92 Å². The SMILES string of the molecule is CC(=O)OCOC(=O)C1=C(O)CS[C@H]2C(NC(=O)COc3cccc(Cl)c3)C(=O)N12. The molecule has 1 fully saturated rings. The second-order valence-electron chi connectivity index (χ2n) is 6.18. The minimum atomic E-state index is -1.01. The summed E-state index contributed by atoms with van der Waals surface area (Å²) in [5.74, 6) is -2.69. The van der Waals surface area contributed by atoms with Crippen LogP contribution in [0.15, 0.2) is 35.7 Å². The lowest BCUT2D eigenvalue weighted by Gasteiger charge is -2.48. The van der Waals surface area contributed by atoms with Crippen molar-refractivity contribution in [3.8, 4) is 5.75 Å². The molecule has 1 aromatic rings. The Morgan fingerprint density at radius 2 is 2.10 bits per heavy atom. The highest BCUT2D eigenvalue weighted by Gasteiger charge is 2.54. The maximum atomic E-state index is 12.5. The number of aliphatic hydroxyl groups is 1. The van der Waals surface area contributed by atoms with Gasteiger partial charge in [-0.25, -0.2) is 4.79 Å². The third-order valence-corrected chi connectivity index (χ3v) is 5.58. The number of hydrogen-bond acceptors (Lipinski definition) is 9. The van der Waals surface area contributed by atoms with E-state index in [0.29, 0.717) is 10.8 Å². The highest BCUT2D eigenvalue weighted by atomic mass is 35.5. The van der Waals surface area contributed by atoms with Gasteiger partial charge in [-0.15, -0.1) is 11.8 Å². The zero-order chi connectivity index (χ0) is 21.8. The van der Waals surface area contributed by atoms with Gasteiger partial charge in [-0.2, -0.15) is 0 Å². The second-order valence-corrected chi connectivity index (χ2v) is 7.72. The Morgan fingerprint density at radius 3 is 2.80 bits per heavy atom. The molecule has 0 bridgehead atoms. The molecular weight excluding hydrogens is 440 g/mol. The van der Waals surface area contributed by atoms with Gasteiger partial charge in [-0.1, -0.05) is 17.7 Å². The van der Waals surface area contributed by atoms with Crippen LogP contribution in [-0.2, 0) is 28.7 Å². The molecule has 0 aromatic heterocycles. The van der Waals surface area contributed by atoms with Gasteiger partial charge in [0.2, 0.25) is 6.79 Å². The maximum Gasteiger partial charge on any atom is 0.361 e. The summed E-state index contributed by atoms with van der Waals surface area (Å²) in [7, 11) is 0. The van der Waals surface area contributed by atoms with Crippen LogP contribution >= 0.6 is 23.4 Å². The number of β-lactam (4-membered cyclic amide) rings is 1. The van der Waals surface area contributed by atoms with E-state index in [4.69, 9.17) is 21.1 Å². The number of hydrogen-bond donors (Lipinski definition) is 2. The number of fused-ring (bicyclic) bond motifs is 1. The van der Waals surface area contributed by atoms with Gasteiger partial charge >= 0.3 is 11.9 Å². The fourth-order valence-corrected chi connectivity index (χ4v) is 4.13. The number of esters is 2. The molecule has 0 aliphatic carbocycles. The van der Waals surface area contributed by atoms with Crippen molar-refractivity contribution in [3.63, 3.8) is 0 Å². The van der Waals surface area contributed by atoms with E-state index in [9.17, 15) is 24.3 Å². The minimum Gasteiger partial charge on any atom is -0.509 e. The lowest BCUT2D eigenvalue weighted by molar-refractivity contribution is -0.167. The van der Waals surface area contributed by atoms with Gasteiger partial charge < -0.3 is 24.6 Å². The lowest BCUT2D eigenvalue weighted by Crippen LogP contribution is -2.71. The number of thioether (sulfide) groups is 1. The summed E-state index contributed by atoms with van der Waals surface area (Å²) in [6, 6.07) is 5.61. The number of nitrogens with zero attached hydrogens (tertiary/aromatic N) is 1. The first kappa shape index (κ1) is 21.8. The number of halogens is 1. The number of aliphatic hydroxyl groups excluding tert-OH is 1. The summed E-state index contributed by atoms with van der Waals surface area (Å²) >= 11 is 7.02. The largest absolute Gasteiger partial charge is 0.509 e. The van der Waals surface area contributed by atoms with Crippen molar-refractivity contribution in [2.45, 2.75) is 18.3 Å². The fraction of sp³-hybridized carbons (Fsp3) is 0.333. The number of carbonyl (C=O) groups excluding carboxylic acids is 4. The van der Waals surface area contributed by atoms with Gasteiger partial charge in [0.05, 0.1) is 5.75 Å². The average molecular weight is 457 g/mol. The van der Waals surface area contributed by atoms with Crippen LogP contribution in [0, 0.1) is 0 Å². The molecule has 1 saturated heterocycles. The van der Waals surface area contributed by atoms with Gasteiger partial charge in [0.15, 0.2) is 12.3 Å². The van der Waals surface area contributed by atoms with Gasteiger partial charge in [-0.3, -0.25) is 19.3 Å². The molecule has 2 atom stereocenters. The van der Waals surface area contributed by atoms with Crippen LogP contribution < -0.4 is 10.1 Å². The normalized spacial score (nSPS) is 20.1. The first-order valence-electron chi connectivity index (χ1n) is 8.63. The summed E-state index contributed by atoms with van der Waals surface area (Å²) in [5.41, 5.74) is -0.337. The van der Waals surface area contributed by atoms with E-state index in [-0.39, 0.29) is 23.8 Å². The fourth-order valence-electron chi connectivity index (χ4n) is 2.75. The van der Waals surface area contributed by atoms with Crippen molar-refractivity contribution >= 4 is 47.1 Å². The second kappa shape index (κ2) is 9.26. The summed E-state index contributed by atoms with van der Waals surface area (Å²) in [6.07, 6.45) is 0. The van der Waals surface area contributed by atoms with Crippen LogP contribution in [0.25, 0.3) is 0 Å². The summed E-state index contributed by atoms with van der Waals surface area (Å²) in [6.45, 7) is 0.159. The first-order chi connectivity index (χ1) is 14.3. The van der Waals surface area contributed by atoms with Gasteiger partial charge in [0.25, 0.3) is 11.8 Å². The van der Waals surface area contributed by atoms with Crippen LogP contribution in [-0.4, -0.2) is 64.3 Å². The van der Waals surface area contributed by atoms with Crippen molar-refractivity contribution < 1.29 is 38.5 Å². The number of benzene rings is 1. The van der Waals surface area contributed by atoms with Crippen molar-refractivity contribution in [1.29, 1.82) is 0 Å². The van der Waals surface area contributed by atoms with Crippen molar-refractivity contribution in [3.05, 3.63) is 40.7 Å². The Balaban J connectivity index is 1.56. The highest BCUT2D eigenvalue weighted by molar-refractivity contribution is 8.00. The molecule has 2 heterocycles. The average Bonchev–Trinajstić information content (AvgIpc) is 2.70. The molecule has 10 nitrogen and oxygen atoms in total. The van der Waals surface area contributed by atoms with Gasteiger partial charge in [-0.05, 0) is 18.2 Å². The number of amides is 2. The van der Waals surface area contributed by atoms with Crippen LogP contribution in [0.4, 0.5) is 0 Å². The molecule has 0 saturated carbocycles. The quantitative estimate of drug-likeness (QED) is 0.349. The van der Waals surface area contributed by atoms with E-state index < -0.39 is 42.0 Å². The number of rotatable bonds is 7. The van der Waals surface area contributed by atoms with Crippen molar-refractivity contribution in [2.75, 3.05) is 19.2 Å². The Bertz CT molecular complexity index is 921. The van der Waals surface area contributed by atoms with E-state index in [1.807, 2.05) is 0 Å². The molecule has 0 spiro atoms. The zero-order valence-electron chi connectivity index (χ0n) is 15.6. The molecule has 0 radical (unpaired) electrons. The molecule has 1 aromatic carbocycles. The third-order valence-electron chi connectivity index (χ3n) is 4.08. The van der Waals surface area contributed by atoms with Gasteiger partial charge in [0.1, 0.15) is 22.9 Å². The van der Waals surface area contributed by atoms with Crippen LogP contribution in [0.2, 0.25) is 5.02 Å². The zero-order valence-corrected chi connectivity index (χ0v) is 17.2. The number of carbonyl (C=O) groups is 4. The molecule has 2 aliphatic rings. The lowest BCUT2D eigenvalue weighted by atomic mass is 10.0. The molecule has 30 heavy (non-hydrogen) atoms. The number of nitrogens with one attached hydrogen (secondary N) is 1. The van der Waals surface area contributed by atoms with Gasteiger partial charge in [0, 0.05) is 11.9 Å². The van der Waals surface area contributed by atoms with E-state index in [1.165, 1.54) is 11.8 Å². The predicted octanol–water partition coefficient (Wildman–Crippen LogP) is 0.952. The molecule has 2 amide bonds. The topological polar surface area (TPSA) is 131 Å². The van der Waals surface area contributed by atoms with Crippen molar-refractivity contribution in [1.82, 2.24) is 10.2 Å². The molecule has 160 valence electrons. The van der Waals surface area contributed by atoms with E-state index >= 15 is 0 Å². The van der Waals surface area contributed by atoms with Crippen LogP contribution in [0.5, 0.6) is 5.75 Å². The first-order valence-corrected chi connectivity index (χ1v) is 10.1. The molecular formula is C18H17ClN2O8S. The monoisotopic (exact) mass is 456 g/mol. The van der Waals surface area contributed by atoms with E-state index in [1.54, 1.807) is 24.3 Å². The predicted molar refractivity (Wildman–Crippen MR) is 104 cm³/mol. The van der Waals surface area contributed by atoms with E-state index in [2.05, 4.69) is 10.1 Å². The molecule has 2 N–H and O–H groups in total. The summed E-state index contributed by atoms with van der Waals surface area (Å²) < 4.78 is 14.6. The third kappa shape index (κ3) is 4.79. The Labute approximate surface area is 180 Å². The minimum absolute atomic E-state index is 0.0395. The molecule has 3 rings (SSSR count). The summed E-state index contributed by atoms with van der Waals surface area (Å²) in [4.78, 5) is 48.6. The standard InChI is InChI=1S/C18H17ClN2O8S/c1-9(22)28-8-29-18(26)15-12(23)7-30-17-14(16(25)21(15)17)20-13(24)6-27-11-4-2-3-10(19)5-11/h2-5,14,17,23H,6-8H2,1H3,(H,20,24)/t14?,17-/m0/s1.